The molecule has 1 aliphatic rings. The maximum absolute atomic E-state index is 12.3. The average molecular weight is 253 g/mol. The Morgan fingerprint density at radius 3 is 3.06 bits per heavy atom. The highest BCUT2D eigenvalue weighted by Gasteiger charge is 2.46. The number of carbonyl (C=O) groups excluding carboxylic acids is 1. The largest absolute Gasteiger partial charge is 0.464 e. The monoisotopic (exact) mass is 253 g/mol. The SMILES string of the molecule is CCOC(=O)[C@]1(CC)N[C@H](C)Cc2ccsc21. The molecule has 4 heteroatoms. The van der Waals surface area contributed by atoms with Crippen molar-refractivity contribution in [1.29, 1.82) is 0 Å². The summed E-state index contributed by atoms with van der Waals surface area (Å²) >= 11 is 1.65. The van der Waals surface area contributed by atoms with Gasteiger partial charge in [-0.25, -0.2) is 4.79 Å². The molecule has 1 aromatic rings. The minimum atomic E-state index is -0.628. The fourth-order valence-electron chi connectivity index (χ4n) is 2.55. The predicted molar refractivity (Wildman–Crippen MR) is 69.2 cm³/mol. The van der Waals surface area contributed by atoms with Gasteiger partial charge in [-0.2, -0.15) is 0 Å². The standard InChI is InChI=1S/C13H19NO2S/c1-4-13(12(15)16-5-2)11-10(6-7-17-11)8-9(3)14-13/h6-7,9,14H,4-5,8H2,1-3H3/t9-,13-/m1/s1. The number of rotatable bonds is 3. The Bertz CT molecular complexity index is 415. The molecule has 2 heterocycles. The summed E-state index contributed by atoms with van der Waals surface area (Å²) in [5, 5.41) is 5.51. The molecule has 0 bridgehead atoms. The van der Waals surface area contributed by atoms with Gasteiger partial charge in [0.25, 0.3) is 0 Å². The molecule has 0 fully saturated rings. The van der Waals surface area contributed by atoms with E-state index >= 15 is 0 Å². The smallest absolute Gasteiger partial charge is 0.331 e. The van der Waals surface area contributed by atoms with Crippen molar-refractivity contribution in [2.75, 3.05) is 6.61 Å². The Morgan fingerprint density at radius 2 is 2.41 bits per heavy atom. The van der Waals surface area contributed by atoms with Crippen LogP contribution < -0.4 is 5.32 Å². The van der Waals surface area contributed by atoms with Crippen LogP contribution >= 0.6 is 11.3 Å². The molecule has 0 aliphatic carbocycles. The summed E-state index contributed by atoms with van der Waals surface area (Å²) in [6.07, 6.45) is 1.71. The molecule has 1 N–H and O–H groups in total. The third-order valence-electron chi connectivity index (χ3n) is 3.31. The van der Waals surface area contributed by atoms with Crippen LogP contribution in [0, 0.1) is 0 Å². The van der Waals surface area contributed by atoms with Crippen LogP contribution in [0.2, 0.25) is 0 Å². The highest BCUT2D eigenvalue weighted by atomic mass is 32.1. The first-order valence-corrected chi connectivity index (χ1v) is 7.03. The molecule has 2 rings (SSSR count). The molecule has 2 atom stereocenters. The second-order valence-corrected chi connectivity index (χ2v) is 5.42. The molecule has 3 nitrogen and oxygen atoms in total. The minimum Gasteiger partial charge on any atom is -0.464 e. The second kappa shape index (κ2) is 4.78. The summed E-state index contributed by atoms with van der Waals surface area (Å²) in [5.41, 5.74) is 0.660. The Labute approximate surface area is 106 Å². The predicted octanol–water partition coefficient (Wildman–Crippen LogP) is 2.45. The van der Waals surface area contributed by atoms with Crippen LogP contribution in [0.3, 0.4) is 0 Å². The summed E-state index contributed by atoms with van der Waals surface area (Å²) in [6, 6.07) is 2.43. The zero-order chi connectivity index (χ0) is 12.5. The van der Waals surface area contributed by atoms with Gasteiger partial charge in [0.05, 0.1) is 6.61 Å². The van der Waals surface area contributed by atoms with E-state index in [1.165, 1.54) is 5.56 Å². The molecule has 0 spiro atoms. The third-order valence-corrected chi connectivity index (χ3v) is 4.43. The van der Waals surface area contributed by atoms with E-state index in [0.29, 0.717) is 12.6 Å². The van der Waals surface area contributed by atoms with Crippen LogP contribution in [0.1, 0.15) is 37.6 Å². The van der Waals surface area contributed by atoms with Crippen LogP contribution in [0.15, 0.2) is 11.4 Å². The Kier molecular flexibility index (Phi) is 3.54. The van der Waals surface area contributed by atoms with Crippen molar-refractivity contribution in [2.24, 2.45) is 0 Å². The highest BCUT2D eigenvalue weighted by molar-refractivity contribution is 7.10. The van der Waals surface area contributed by atoms with Gasteiger partial charge in [0.2, 0.25) is 0 Å². The number of ether oxygens (including phenoxy) is 1. The summed E-state index contributed by atoms with van der Waals surface area (Å²) in [7, 11) is 0. The van der Waals surface area contributed by atoms with E-state index in [1.807, 2.05) is 13.8 Å². The summed E-state index contributed by atoms with van der Waals surface area (Å²) in [6.45, 7) is 6.43. The lowest BCUT2D eigenvalue weighted by Gasteiger charge is -2.38. The van der Waals surface area contributed by atoms with Crippen molar-refractivity contribution < 1.29 is 9.53 Å². The van der Waals surface area contributed by atoms with Crippen LogP contribution in [0.4, 0.5) is 0 Å². The van der Waals surface area contributed by atoms with E-state index in [0.717, 1.165) is 17.7 Å². The van der Waals surface area contributed by atoms with E-state index in [2.05, 4.69) is 23.7 Å². The van der Waals surface area contributed by atoms with Gasteiger partial charge in [-0.05, 0) is 43.7 Å². The lowest BCUT2D eigenvalue weighted by atomic mass is 9.85. The molecular formula is C13H19NO2S. The van der Waals surface area contributed by atoms with Gasteiger partial charge < -0.3 is 4.74 Å². The van der Waals surface area contributed by atoms with Gasteiger partial charge >= 0.3 is 5.97 Å². The summed E-state index contributed by atoms with van der Waals surface area (Å²) in [4.78, 5) is 13.4. The molecular weight excluding hydrogens is 234 g/mol. The van der Waals surface area contributed by atoms with Crippen molar-refractivity contribution in [3.63, 3.8) is 0 Å². The van der Waals surface area contributed by atoms with E-state index in [4.69, 9.17) is 4.74 Å². The van der Waals surface area contributed by atoms with Crippen LogP contribution in [-0.4, -0.2) is 18.6 Å². The van der Waals surface area contributed by atoms with Crippen molar-refractivity contribution in [2.45, 2.75) is 45.2 Å². The number of nitrogens with one attached hydrogen (secondary N) is 1. The summed E-state index contributed by atoms with van der Waals surface area (Å²) in [5.74, 6) is -0.141. The molecule has 0 saturated heterocycles. The van der Waals surface area contributed by atoms with Gasteiger partial charge in [0, 0.05) is 10.9 Å². The fraction of sp³-hybridized carbons (Fsp3) is 0.615. The minimum absolute atomic E-state index is 0.141. The molecule has 0 unspecified atom stereocenters. The van der Waals surface area contributed by atoms with Gasteiger partial charge in [-0.15, -0.1) is 11.3 Å². The molecule has 94 valence electrons. The van der Waals surface area contributed by atoms with E-state index < -0.39 is 5.54 Å². The molecule has 1 aliphatic heterocycles. The van der Waals surface area contributed by atoms with Crippen molar-refractivity contribution in [1.82, 2.24) is 5.32 Å². The van der Waals surface area contributed by atoms with Gasteiger partial charge in [0.15, 0.2) is 5.54 Å². The topological polar surface area (TPSA) is 38.3 Å². The molecule has 1 aromatic heterocycles. The van der Waals surface area contributed by atoms with Crippen molar-refractivity contribution in [3.05, 3.63) is 21.9 Å². The van der Waals surface area contributed by atoms with E-state index in [1.54, 1.807) is 11.3 Å². The molecule has 0 amide bonds. The number of esters is 1. The van der Waals surface area contributed by atoms with Gasteiger partial charge in [-0.3, -0.25) is 5.32 Å². The zero-order valence-electron chi connectivity index (χ0n) is 10.6. The first kappa shape index (κ1) is 12.6. The van der Waals surface area contributed by atoms with Gasteiger partial charge in [0.1, 0.15) is 0 Å². The molecule has 0 aromatic carbocycles. The van der Waals surface area contributed by atoms with Crippen molar-refractivity contribution in [3.8, 4) is 0 Å². The summed E-state index contributed by atoms with van der Waals surface area (Å²) < 4.78 is 5.26. The number of carbonyl (C=O) groups is 1. The zero-order valence-corrected chi connectivity index (χ0v) is 11.4. The quantitative estimate of drug-likeness (QED) is 0.841. The maximum Gasteiger partial charge on any atom is 0.331 e. The van der Waals surface area contributed by atoms with Gasteiger partial charge in [-0.1, -0.05) is 6.92 Å². The molecule has 0 saturated carbocycles. The normalized spacial score (nSPS) is 27.6. The second-order valence-electron chi connectivity index (χ2n) is 4.50. The average Bonchev–Trinajstić information content (AvgIpc) is 2.76. The Balaban J connectivity index is 2.44. The number of hydrogen-bond donors (Lipinski definition) is 1. The fourth-order valence-corrected chi connectivity index (χ4v) is 3.71. The maximum atomic E-state index is 12.3. The highest BCUT2D eigenvalue weighted by Crippen LogP contribution is 2.38. The third kappa shape index (κ3) is 2.00. The number of hydrogen-bond acceptors (Lipinski definition) is 4. The lowest BCUT2D eigenvalue weighted by Crippen LogP contribution is -2.56. The van der Waals surface area contributed by atoms with Crippen LogP contribution in [-0.2, 0) is 21.5 Å². The first-order chi connectivity index (χ1) is 8.14. The van der Waals surface area contributed by atoms with Crippen LogP contribution in [0.25, 0.3) is 0 Å². The molecule has 0 radical (unpaired) electrons. The van der Waals surface area contributed by atoms with E-state index in [-0.39, 0.29) is 5.97 Å². The number of thiophene rings is 1. The van der Waals surface area contributed by atoms with Crippen LogP contribution in [0.5, 0.6) is 0 Å². The van der Waals surface area contributed by atoms with E-state index in [9.17, 15) is 4.79 Å². The van der Waals surface area contributed by atoms with Crippen molar-refractivity contribution >= 4 is 17.3 Å². The Hall–Kier alpha value is -0.870. The molecule has 17 heavy (non-hydrogen) atoms. The Morgan fingerprint density at radius 1 is 1.65 bits per heavy atom. The number of fused-ring (bicyclic) bond motifs is 1. The first-order valence-electron chi connectivity index (χ1n) is 6.15. The lowest BCUT2D eigenvalue weighted by molar-refractivity contribution is -0.152.